The van der Waals surface area contributed by atoms with E-state index in [9.17, 15) is 9.59 Å². The second kappa shape index (κ2) is 8.88. The Morgan fingerprint density at radius 3 is 2.79 bits per heavy atom. The number of allylic oxidation sites excluding steroid dienone is 1. The van der Waals surface area contributed by atoms with Gasteiger partial charge in [-0.1, -0.05) is 45.5 Å². The largest absolute Gasteiger partial charge is 0.463 e. The van der Waals surface area contributed by atoms with Gasteiger partial charge in [0.25, 0.3) is 5.56 Å². The lowest BCUT2D eigenvalue weighted by atomic mass is 9.95. The molecule has 2 aliphatic heterocycles. The van der Waals surface area contributed by atoms with Crippen molar-refractivity contribution in [2.24, 2.45) is 4.99 Å². The van der Waals surface area contributed by atoms with Crippen molar-refractivity contribution < 1.29 is 19.0 Å². The third kappa shape index (κ3) is 3.88. The molecule has 0 radical (unpaired) electrons. The van der Waals surface area contributed by atoms with Crippen LogP contribution in [0.25, 0.3) is 6.08 Å². The minimum absolute atomic E-state index is 0.132. The molecule has 9 heteroatoms. The first-order chi connectivity index (χ1) is 16.4. The topological polar surface area (TPSA) is 79.1 Å². The number of rotatable bonds is 4. The Morgan fingerprint density at radius 2 is 2.03 bits per heavy atom. The molecule has 0 spiro atoms. The van der Waals surface area contributed by atoms with Gasteiger partial charge in [0, 0.05) is 4.47 Å². The summed E-state index contributed by atoms with van der Waals surface area (Å²) in [4.78, 5) is 31.8. The zero-order valence-corrected chi connectivity index (χ0v) is 21.2. The van der Waals surface area contributed by atoms with E-state index in [2.05, 4.69) is 20.9 Å². The highest BCUT2D eigenvalue weighted by molar-refractivity contribution is 9.10. The summed E-state index contributed by atoms with van der Waals surface area (Å²) in [7, 11) is 0. The van der Waals surface area contributed by atoms with Gasteiger partial charge in [-0.15, -0.1) is 0 Å². The van der Waals surface area contributed by atoms with Crippen molar-refractivity contribution in [3.63, 3.8) is 0 Å². The molecule has 0 saturated carbocycles. The molecule has 2 aromatic carbocycles. The van der Waals surface area contributed by atoms with Gasteiger partial charge in [-0.3, -0.25) is 9.36 Å². The number of nitrogens with zero attached hydrogens (tertiary/aromatic N) is 2. The van der Waals surface area contributed by atoms with E-state index in [0.717, 1.165) is 15.6 Å². The lowest BCUT2D eigenvalue weighted by molar-refractivity contribution is -0.139. The number of esters is 1. The van der Waals surface area contributed by atoms with Crippen LogP contribution in [-0.4, -0.2) is 23.9 Å². The van der Waals surface area contributed by atoms with Crippen LogP contribution in [0.1, 0.15) is 36.6 Å². The number of carbonyl (C=O) groups is 1. The minimum Gasteiger partial charge on any atom is -0.463 e. The number of fused-ring (bicyclic) bond motifs is 2. The number of ether oxygens (including phenoxy) is 3. The van der Waals surface area contributed by atoms with Crippen molar-refractivity contribution in [2.45, 2.75) is 26.8 Å². The van der Waals surface area contributed by atoms with Crippen LogP contribution in [0.2, 0.25) is 0 Å². The smallest absolute Gasteiger partial charge is 0.338 e. The number of thiazole rings is 1. The van der Waals surface area contributed by atoms with E-state index in [1.54, 1.807) is 30.5 Å². The van der Waals surface area contributed by atoms with E-state index in [1.165, 1.54) is 11.3 Å². The number of carbonyl (C=O) groups excluding carboxylic acids is 1. The van der Waals surface area contributed by atoms with Gasteiger partial charge in [-0.25, -0.2) is 9.79 Å². The van der Waals surface area contributed by atoms with Crippen molar-refractivity contribution in [1.29, 1.82) is 0 Å². The summed E-state index contributed by atoms with van der Waals surface area (Å²) in [6, 6.07) is 10.7. The maximum absolute atomic E-state index is 13.7. The SMILES string of the molecule is CCOC(=O)C1=C(C)N=c2s/c(=C\c3ccc(C)c(Br)c3)c(=O)n2[C@@H]1c1ccc2c(c1)OCO2. The van der Waals surface area contributed by atoms with Crippen molar-refractivity contribution in [1.82, 2.24) is 4.57 Å². The summed E-state index contributed by atoms with van der Waals surface area (Å²) in [5.74, 6) is 0.699. The molecular weight excluding hydrogens is 520 g/mol. The zero-order valence-electron chi connectivity index (χ0n) is 18.8. The Kier molecular flexibility index (Phi) is 5.91. The van der Waals surface area contributed by atoms with Crippen LogP contribution in [0.4, 0.5) is 0 Å². The summed E-state index contributed by atoms with van der Waals surface area (Å²) in [6.45, 7) is 5.87. The number of benzene rings is 2. The lowest BCUT2D eigenvalue weighted by Gasteiger charge is -2.24. The predicted molar refractivity (Wildman–Crippen MR) is 132 cm³/mol. The van der Waals surface area contributed by atoms with Crippen molar-refractivity contribution >= 4 is 39.3 Å². The molecule has 3 heterocycles. The highest BCUT2D eigenvalue weighted by Crippen LogP contribution is 2.38. The molecule has 0 N–H and O–H groups in total. The van der Waals surface area contributed by atoms with E-state index >= 15 is 0 Å². The molecule has 0 unspecified atom stereocenters. The van der Waals surface area contributed by atoms with E-state index in [0.29, 0.717) is 37.7 Å². The molecule has 1 aromatic heterocycles. The van der Waals surface area contributed by atoms with Gasteiger partial charge < -0.3 is 14.2 Å². The fraction of sp³-hybridized carbons (Fsp3) is 0.240. The fourth-order valence-corrected chi connectivity index (χ4v) is 5.48. The second-order valence-corrected chi connectivity index (χ2v) is 9.79. The first kappa shape index (κ1) is 22.6. The van der Waals surface area contributed by atoms with Crippen LogP contribution in [0.5, 0.6) is 11.5 Å². The van der Waals surface area contributed by atoms with Gasteiger partial charge in [0.05, 0.1) is 28.5 Å². The first-order valence-corrected chi connectivity index (χ1v) is 12.3. The van der Waals surface area contributed by atoms with Crippen LogP contribution in [0.3, 0.4) is 0 Å². The first-order valence-electron chi connectivity index (χ1n) is 10.7. The molecule has 34 heavy (non-hydrogen) atoms. The third-order valence-corrected chi connectivity index (χ3v) is 7.56. The van der Waals surface area contributed by atoms with E-state index < -0.39 is 12.0 Å². The molecule has 0 bridgehead atoms. The van der Waals surface area contributed by atoms with Gasteiger partial charge >= 0.3 is 5.97 Å². The second-order valence-electron chi connectivity index (χ2n) is 7.92. The summed E-state index contributed by atoms with van der Waals surface area (Å²) in [6.07, 6.45) is 1.84. The molecule has 1 atom stereocenters. The third-order valence-electron chi connectivity index (χ3n) is 5.72. The van der Waals surface area contributed by atoms with Crippen molar-refractivity contribution in [3.05, 3.63) is 88.5 Å². The molecule has 0 aliphatic carbocycles. The lowest BCUT2D eigenvalue weighted by Crippen LogP contribution is -2.39. The molecule has 5 rings (SSSR count). The van der Waals surface area contributed by atoms with Crippen molar-refractivity contribution in [2.75, 3.05) is 13.4 Å². The molecule has 0 fully saturated rings. The quantitative estimate of drug-likeness (QED) is 0.472. The number of aromatic nitrogens is 1. The highest BCUT2D eigenvalue weighted by atomic mass is 79.9. The molecule has 3 aromatic rings. The fourth-order valence-electron chi connectivity index (χ4n) is 4.04. The molecular formula is C25H21BrN2O5S. The number of hydrogen-bond acceptors (Lipinski definition) is 7. The van der Waals surface area contributed by atoms with Gasteiger partial charge in [0.1, 0.15) is 0 Å². The average Bonchev–Trinajstić information content (AvgIpc) is 3.39. The van der Waals surface area contributed by atoms with E-state index in [1.807, 2.05) is 37.3 Å². The van der Waals surface area contributed by atoms with E-state index in [-0.39, 0.29) is 19.0 Å². The predicted octanol–water partition coefficient (Wildman–Crippen LogP) is 3.60. The Bertz CT molecular complexity index is 1540. The van der Waals surface area contributed by atoms with Crippen LogP contribution < -0.4 is 24.4 Å². The Labute approximate surface area is 207 Å². The maximum Gasteiger partial charge on any atom is 0.338 e. The van der Waals surface area contributed by atoms with Gasteiger partial charge in [0.15, 0.2) is 16.3 Å². The maximum atomic E-state index is 13.7. The molecule has 7 nitrogen and oxygen atoms in total. The summed E-state index contributed by atoms with van der Waals surface area (Å²) < 4.78 is 19.4. The van der Waals surface area contributed by atoms with Crippen molar-refractivity contribution in [3.8, 4) is 11.5 Å². The summed E-state index contributed by atoms with van der Waals surface area (Å²) >= 11 is 4.84. The highest BCUT2D eigenvalue weighted by Gasteiger charge is 2.34. The van der Waals surface area contributed by atoms with E-state index in [4.69, 9.17) is 14.2 Å². The number of aryl methyl sites for hydroxylation is 1. The number of halogens is 1. The monoisotopic (exact) mass is 540 g/mol. The Hall–Kier alpha value is -3.17. The zero-order chi connectivity index (χ0) is 24.0. The Morgan fingerprint density at radius 1 is 1.24 bits per heavy atom. The van der Waals surface area contributed by atoms with Crippen LogP contribution in [0, 0.1) is 6.92 Å². The minimum atomic E-state index is -0.697. The molecule has 2 aliphatic rings. The molecule has 0 saturated heterocycles. The average molecular weight is 541 g/mol. The van der Waals surface area contributed by atoms with Crippen LogP contribution >= 0.6 is 27.3 Å². The standard InChI is InChI=1S/C25H21BrN2O5S/c1-4-31-24(30)21-14(3)27-25-28(22(21)16-7-8-18-19(11-16)33-12-32-18)23(29)20(34-25)10-15-6-5-13(2)17(26)9-15/h5-11,22H,4,12H2,1-3H3/b20-10-/t22-/m1/s1. The summed E-state index contributed by atoms with van der Waals surface area (Å²) in [5, 5.41) is 0. The summed E-state index contributed by atoms with van der Waals surface area (Å²) in [5.41, 5.74) is 3.34. The van der Waals surface area contributed by atoms with Crippen LogP contribution in [0.15, 0.2) is 61.9 Å². The van der Waals surface area contributed by atoms with Crippen LogP contribution in [-0.2, 0) is 9.53 Å². The van der Waals surface area contributed by atoms with Gasteiger partial charge in [-0.05, 0) is 61.7 Å². The van der Waals surface area contributed by atoms with Gasteiger partial charge in [0.2, 0.25) is 6.79 Å². The normalized spacial score (nSPS) is 16.9. The molecule has 174 valence electrons. The Balaban J connectivity index is 1.72. The van der Waals surface area contributed by atoms with Gasteiger partial charge in [-0.2, -0.15) is 0 Å². The molecule has 0 amide bonds. The number of hydrogen-bond donors (Lipinski definition) is 0.